The van der Waals surface area contributed by atoms with E-state index >= 15 is 4.39 Å². The first-order valence-electron chi connectivity index (χ1n) is 15.2. The first kappa shape index (κ1) is 24.9. The van der Waals surface area contributed by atoms with Crippen molar-refractivity contribution >= 4 is 16.5 Å². The summed E-state index contributed by atoms with van der Waals surface area (Å²) in [6.45, 7) is 4.21. The number of hydrogen-bond donors (Lipinski definition) is 1. The normalized spacial score (nSPS) is 27.2. The highest BCUT2D eigenvalue weighted by molar-refractivity contribution is 5.95. The lowest BCUT2D eigenvalue weighted by Gasteiger charge is -2.35. The molecule has 0 unspecified atom stereocenters. The summed E-state index contributed by atoms with van der Waals surface area (Å²) < 4.78 is 35.8. The van der Waals surface area contributed by atoms with Gasteiger partial charge in [0.15, 0.2) is 11.6 Å². The minimum atomic E-state index is -0.814. The Hall–Kier alpha value is -2.84. The molecule has 1 N–H and O–H groups in total. The predicted molar refractivity (Wildman–Crippen MR) is 151 cm³/mol. The molecule has 6 heterocycles. The Morgan fingerprint density at radius 2 is 1.77 bits per heavy atom. The minimum absolute atomic E-state index is 0.129. The molecule has 3 aromatic rings. The van der Waals surface area contributed by atoms with Crippen LogP contribution in [0.2, 0.25) is 0 Å². The monoisotopic (exact) mass is 545 g/mol. The van der Waals surface area contributed by atoms with Crippen molar-refractivity contribution in [1.29, 1.82) is 0 Å². The standard InChI is InChI=1S/C32H37F2N5O/c33-25-9-6-20-4-1-5-27(28(20)29(25)34)38-15-10-24-26(18-38)36-31(40-19-32-11-2-13-39(32)14-3-12-32)37-30(24)21-16-22-7-8-23(17-21)35-22/h1,4-6,9,21-23,35H,2-3,7-8,10-19H2/t21-,22-,23+. The number of hydrogen-bond acceptors (Lipinski definition) is 6. The van der Waals surface area contributed by atoms with Crippen LogP contribution < -0.4 is 15.0 Å². The zero-order valence-corrected chi connectivity index (χ0v) is 23.0. The lowest BCUT2D eigenvalue weighted by molar-refractivity contribution is 0.107. The lowest BCUT2D eigenvalue weighted by Crippen LogP contribution is -2.43. The van der Waals surface area contributed by atoms with Crippen LogP contribution in [0, 0.1) is 11.6 Å². The SMILES string of the molecule is Fc1ccc2cccc(N3CCc4c(nc(OCC56CCCN5CCC6)nc4[C@@H]4C[C@H]5CC[C@@H](C4)N5)C3)c2c1F. The maximum absolute atomic E-state index is 15.1. The van der Waals surface area contributed by atoms with Crippen LogP contribution in [0.1, 0.15) is 74.2 Å². The summed E-state index contributed by atoms with van der Waals surface area (Å²) in [4.78, 5) is 14.9. The average molecular weight is 546 g/mol. The van der Waals surface area contributed by atoms with Crippen LogP contribution in [-0.2, 0) is 13.0 Å². The fourth-order valence-electron chi connectivity index (χ4n) is 8.54. The topological polar surface area (TPSA) is 53.5 Å². The molecule has 4 fully saturated rings. The van der Waals surface area contributed by atoms with Crippen LogP contribution in [0.25, 0.3) is 10.8 Å². The molecule has 210 valence electrons. The van der Waals surface area contributed by atoms with E-state index in [1.165, 1.54) is 55.8 Å². The third-order valence-electron chi connectivity index (χ3n) is 10.5. The van der Waals surface area contributed by atoms with E-state index in [0.717, 1.165) is 38.0 Å². The van der Waals surface area contributed by atoms with Crippen molar-refractivity contribution in [3.8, 4) is 6.01 Å². The Bertz CT molecular complexity index is 1440. The number of nitrogens with zero attached hydrogens (tertiary/aromatic N) is 4. The van der Waals surface area contributed by atoms with Crippen molar-refractivity contribution in [2.75, 3.05) is 31.1 Å². The van der Waals surface area contributed by atoms with Crippen molar-refractivity contribution < 1.29 is 13.5 Å². The second-order valence-electron chi connectivity index (χ2n) is 12.7. The molecule has 3 atom stereocenters. The van der Waals surface area contributed by atoms with E-state index < -0.39 is 11.6 Å². The van der Waals surface area contributed by atoms with Gasteiger partial charge in [0.1, 0.15) is 6.61 Å². The number of rotatable bonds is 5. The second kappa shape index (κ2) is 9.62. The summed E-state index contributed by atoms with van der Waals surface area (Å²) >= 11 is 0. The maximum Gasteiger partial charge on any atom is 0.316 e. The van der Waals surface area contributed by atoms with Crippen LogP contribution in [0.3, 0.4) is 0 Å². The van der Waals surface area contributed by atoms with Gasteiger partial charge in [0.25, 0.3) is 0 Å². The number of nitrogens with one attached hydrogen (secondary N) is 1. The summed E-state index contributed by atoms with van der Waals surface area (Å²) in [6.07, 6.45) is 10.3. The highest BCUT2D eigenvalue weighted by atomic mass is 19.2. The lowest BCUT2D eigenvalue weighted by atomic mass is 9.85. The fourth-order valence-corrected chi connectivity index (χ4v) is 8.54. The number of aromatic nitrogens is 2. The first-order valence-corrected chi connectivity index (χ1v) is 15.2. The van der Waals surface area contributed by atoms with Gasteiger partial charge >= 0.3 is 6.01 Å². The van der Waals surface area contributed by atoms with Crippen molar-refractivity contribution in [2.24, 2.45) is 0 Å². The van der Waals surface area contributed by atoms with Crippen molar-refractivity contribution in [1.82, 2.24) is 20.2 Å². The number of halogens is 2. The largest absolute Gasteiger partial charge is 0.461 e. The number of fused-ring (bicyclic) bond motifs is 5. The van der Waals surface area contributed by atoms with Crippen LogP contribution in [0.4, 0.5) is 14.5 Å². The van der Waals surface area contributed by atoms with Gasteiger partial charge < -0.3 is 15.0 Å². The van der Waals surface area contributed by atoms with E-state index in [9.17, 15) is 4.39 Å². The van der Waals surface area contributed by atoms with Crippen LogP contribution >= 0.6 is 0 Å². The molecule has 8 rings (SSSR count). The Labute approximate surface area is 234 Å². The number of anilines is 1. The van der Waals surface area contributed by atoms with Crippen LogP contribution in [-0.4, -0.2) is 58.7 Å². The van der Waals surface area contributed by atoms with Gasteiger partial charge in [0, 0.05) is 35.6 Å². The molecule has 1 aromatic heterocycles. The Kier molecular flexibility index (Phi) is 5.99. The summed E-state index contributed by atoms with van der Waals surface area (Å²) in [5.74, 6) is -1.19. The van der Waals surface area contributed by atoms with Gasteiger partial charge in [-0.05, 0) is 94.0 Å². The van der Waals surface area contributed by atoms with E-state index in [0.29, 0.717) is 60.2 Å². The minimum Gasteiger partial charge on any atom is -0.461 e. The molecule has 5 aliphatic heterocycles. The molecule has 0 saturated carbocycles. The highest BCUT2D eigenvalue weighted by Gasteiger charge is 2.45. The van der Waals surface area contributed by atoms with Gasteiger partial charge in [-0.1, -0.05) is 18.2 Å². The number of benzene rings is 2. The molecule has 40 heavy (non-hydrogen) atoms. The summed E-state index contributed by atoms with van der Waals surface area (Å²) in [6, 6.07) is 10.1. The van der Waals surface area contributed by atoms with E-state index in [4.69, 9.17) is 14.7 Å². The number of ether oxygens (including phenoxy) is 1. The van der Waals surface area contributed by atoms with Gasteiger partial charge in [0.2, 0.25) is 0 Å². The van der Waals surface area contributed by atoms with Crippen LogP contribution in [0.15, 0.2) is 30.3 Å². The van der Waals surface area contributed by atoms with E-state index in [1.807, 2.05) is 18.2 Å². The molecule has 6 nitrogen and oxygen atoms in total. The third-order valence-corrected chi connectivity index (χ3v) is 10.5. The highest BCUT2D eigenvalue weighted by Crippen LogP contribution is 2.42. The molecule has 0 radical (unpaired) electrons. The Morgan fingerprint density at radius 1 is 0.975 bits per heavy atom. The molecule has 2 aromatic carbocycles. The molecule has 8 heteroatoms. The molecule has 0 spiro atoms. The van der Waals surface area contributed by atoms with Gasteiger partial charge in [0.05, 0.1) is 23.5 Å². The first-order chi connectivity index (χ1) is 19.6. The molecule has 4 saturated heterocycles. The van der Waals surface area contributed by atoms with E-state index in [1.54, 1.807) is 6.07 Å². The molecular formula is C32H37F2N5O. The van der Waals surface area contributed by atoms with Crippen molar-refractivity contribution in [3.63, 3.8) is 0 Å². The van der Waals surface area contributed by atoms with Gasteiger partial charge in [-0.3, -0.25) is 4.90 Å². The van der Waals surface area contributed by atoms with Crippen molar-refractivity contribution in [2.45, 2.75) is 87.9 Å². The van der Waals surface area contributed by atoms with Crippen molar-refractivity contribution in [3.05, 3.63) is 58.9 Å². The van der Waals surface area contributed by atoms with Gasteiger partial charge in [-0.15, -0.1) is 0 Å². The summed E-state index contributed by atoms with van der Waals surface area (Å²) in [7, 11) is 0. The van der Waals surface area contributed by atoms with Gasteiger partial charge in [-0.25, -0.2) is 8.78 Å². The zero-order valence-electron chi connectivity index (χ0n) is 23.0. The van der Waals surface area contributed by atoms with E-state index in [-0.39, 0.29) is 5.54 Å². The molecule has 0 aliphatic carbocycles. The molecular weight excluding hydrogens is 508 g/mol. The average Bonchev–Trinajstić information content (AvgIpc) is 3.66. The zero-order chi connectivity index (χ0) is 26.8. The number of piperidine rings is 1. The fraction of sp³-hybridized carbons (Fsp3) is 0.562. The second-order valence-corrected chi connectivity index (χ2v) is 12.7. The Morgan fingerprint density at radius 3 is 2.58 bits per heavy atom. The molecule has 5 aliphatic rings. The molecule has 0 amide bonds. The summed E-state index contributed by atoms with van der Waals surface area (Å²) in [5.41, 5.74) is 4.22. The van der Waals surface area contributed by atoms with Crippen LogP contribution in [0.5, 0.6) is 6.01 Å². The third kappa shape index (κ3) is 4.09. The predicted octanol–water partition coefficient (Wildman–Crippen LogP) is 5.48. The smallest absolute Gasteiger partial charge is 0.316 e. The van der Waals surface area contributed by atoms with E-state index in [2.05, 4.69) is 15.1 Å². The maximum atomic E-state index is 15.1. The van der Waals surface area contributed by atoms with Gasteiger partial charge in [-0.2, -0.15) is 9.97 Å². The molecule has 2 bridgehead atoms. The summed E-state index contributed by atoms with van der Waals surface area (Å²) in [5, 5.41) is 4.82. The Balaban J connectivity index is 1.15. The quantitative estimate of drug-likeness (QED) is 0.459.